The van der Waals surface area contributed by atoms with Gasteiger partial charge in [-0.1, -0.05) is 13.8 Å². The van der Waals surface area contributed by atoms with Crippen molar-refractivity contribution in [2.45, 2.75) is 58.8 Å². The molecule has 0 aromatic carbocycles. The van der Waals surface area contributed by atoms with Crippen molar-refractivity contribution in [3.63, 3.8) is 0 Å². The van der Waals surface area contributed by atoms with Crippen molar-refractivity contribution in [2.75, 3.05) is 26.4 Å². The summed E-state index contributed by atoms with van der Waals surface area (Å²) in [7, 11) is 0. The molecule has 0 radical (unpaired) electrons. The van der Waals surface area contributed by atoms with Gasteiger partial charge in [0.05, 0.1) is 32.0 Å². The summed E-state index contributed by atoms with van der Waals surface area (Å²) in [6.45, 7) is 10.4. The molecule has 2 N–H and O–H groups in total. The van der Waals surface area contributed by atoms with Gasteiger partial charge in [-0.2, -0.15) is 0 Å². The van der Waals surface area contributed by atoms with E-state index in [1.807, 2.05) is 13.8 Å². The molecule has 104 valence electrons. The Labute approximate surface area is 106 Å². The highest BCUT2D eigenvalue weighted by atomic mass is 16.5. The Morgan fingerprint density at radius 1 is 1.12 bits per heavy atom. The summed E-state index contributed by atoms with van der Waals surface area (Å²) in [5.74, 6) is 0. The van der Waals surface area contributed by atoms with Crippen molar-refractivity contribution in [3.8, 4) is 0 Å². The van der Waals surface area contributed by atoms with Crippen LogP contribution >= 0.6 is 0 Å². The van der Waals surface area contributed by atoms with Crippen LogP contribution in [0.25, 0.3) is 0 Å². The summed E-state index contributed by atoms with van der Waals surface area (Å²) in [6.07, 6.45) is 1.98. The summed E-state index contributed by atoms with van der Waals surface area (Å²) < 4.78 is 10.7. The molecule has 0 aliphatic rings. The Balaban J connectivity index is 3.37. The molecule has 0 bridgehead atoms. The Morgan fingerprint density at radius 2 is 1.76 bits per heavy atom. The van der Waals surface area contributed by atoms with Crippen LogP contribution in [-0.2, 0) is 9.47 Å². The van der Waals surface area contributed by atoms with Gasteiger partial charge < -0.3 is 19.9 Å². The highest BCUT2D eigenvalue weighted by Gasteiger charge is 2.07. The number of aliphatic hydroxyl groups is 1. The zero-order valence-corrected chi connectivity index (χ0v) is 11.7. The van der Waals surface area contributed by atoms with E-state index in [0.717, 1.165) is 12.8 Å². The highest BCUT2D eigenvalue weighted by Crippen LogP contribution is 1.96. The fourth-order valence-corrected chi connectivity index (χ4v) is 1.50. The normalized spacial score (nSPS) is 13.6. The number of ether oxygens (including phenoxy) is 2. The third-order valence-electron chi connectivity index (χ3n) is 2.62. The lowest BCUT2D eigenvalue weighted by Crippen LogP contribution is -2.37. The summed E-state index contributed by atoms with van der Waals surface area (Å²) in [4.78, 5) is 0. The predicted molar refractivity (Wildman–Crippen MR) is 70.3 cm³/mol. The van der Waals surface area contributed by atoms with Gasteiger partial charge in [0.1, 0.15) is 0 Å². The fraction of sp³-hybridized carbons (Fsp3) is 1.00. The number of rotatable bonds is 11. The first-order chi connectivity index (χ1) is 8.10. The first-order valence-electron chi connectivity index (χ1n) is 6.70. The number of aliphatic hydroxyl groups excluding tert-OH is 1. The molecule has 4 nitrogen and oxygen atoms in total. The molecule has 0 spiro atoms. The van der Waals surface area contributed by atoms with E-state index in [1.165, 1.54) is 0 Å². The quantitative estimate of drug-likeness (QED) is 0.544. The summed E-state index contributed by atoms with van der Waals surface area (Å²) in [5.41, 5.74) is 0. The Hall–Kier alpha value is -0.160. The zero-order chi connectivity index (χ0) is 13.1. The molecule has 1 unspecified atom stereocenters. The number of hydrogen-bond acceptors (Lipinski definition) is 4. The van der Waals surface area contributed by atoms with Crippen LogP contribution in [0.15, 0.2) is 0 Å². The van der Waals surface area contributed by atoms with Gasteiger partial charge >= 0.3 is 0 Å². The highest BCUT2D eigenvalue weighted by molar-refractivity contribution is 4.66. The molecule has 0 aromatic rings. The van der Waals surface area contributed by atoms with Crippen LogP contribution in [0.3, 0.4) is 0 Å². The second-order valence-electron chi connectivity index (χ2n) is 4.57. The van der Waals surface area contributed by atoms with E-state index in [4.69, 9.17) is 9.47 Å². The lowest BCUT2D eigenvalue weighted by atomic mass is 10.1. The van der Waals surface area contributed by atoms with E-state index in [9.17, 15) is 5.11 Å². The Morgan fingerprint density at radius 3 is 2.29 bits per heavy atom. The number of nitrogens with one attached hydrogen (secondary N) is 1. The van der Waals surface area contributed by atoms with Crippen LogP contribution in [0.1, 0.15) is 40.5 Å². The SMILES string of the molecule is CCC(CC)NCC(O)COCCOC(C)C. The molecular weight excluding hydrogens is 218 g/mol. The third-order valence-corrected chi connectivity index (χ3v) is 2.62. The van der Waals surface area contributed by atoms with Crippen molar-refractivity contribution in [1.29, 1.82) is 0 Å². The maximum atomic E-state index is 9.67. The van der Waals surface area contributed by atoms with Gasteiger partial charge in [0.25, 0.3) is 0 Å². The molecule has 0 saturated heterocycles. The predicted octanol–water partition coefficient (Wildman–Crippen LogP) is 1.57. The second kappa shape index (κ2) is 11.0. The topological polar surface area (TPSA) is 50.7 Å². The average Bonchev–Trinajstić information content (AvgIpc) is 2.29. The Kier molecular flexibility index (Phi) is 10.9. The van der Waals surface area contributed by atoms with Crippen LogP contribution in [0.2, 0.25) is 0 Å². The van der Waals surface area contributed by atoms with Gasteiger partial charge in [-0.3, -0.25) is 0 Å². The largest absolute Gasteiger partial charge is 0.389 e. The molecule has 0 rings (SSSR count). The van der Waals surface area contributed by atoms with Gasteiger partial charge in [-0.15, -0.1) is 0 Å². The van der Waals surface area contributed by atoms with E-state index in [2.05, 4.69) is 19.2 Å². The van der Waals surface area contributed by atoms with E-state index < -0.39 is 6.10 Å². The molecule has 0 aromatic heterocycles. The lowest BCUT2D eigenvalue weighted by Gasteiger charge is -2.18. The van der Waals surface area contributed by atoms with Crippen molar-refractivity contribution in [1.82, 2.24) is 5.32 Å². The van der Waals surface area contributed by atoms with Gasteiger partial charge in [-0.25, -0.2) is 0 Å². The molecule has 0 amide bonds. The minimum Gasteiger partial charge on any atom is -0.389 e. The molecule has 0 saturated carbocycles. The monoisotopic (exact) mass is 247 g/mol. The fourth-order valence-electron chi connectivity index (χ4n) is 1.50. The lowest BCUT2D eigenvalue weighted by molar-refractivity contribution is -0.0105. The average molecular weight is 247 g/mol. The van der Waals surface area contributed by atoms with Crippen molar-refractivity contribution >= 4 is 0 Å². The molecular formula is C13H29NO3. The van der Waals surface area contributed by atoms with E-state index in [-0.39, 0.29) is 6.10 Å². The minimum absolute atomic E-state index is 0.236. The molecule has 0 heterocycles. The molecule has 0 aliphatic carbocycles. The molecule has 4 heteroatoms. The van der Waals surface area contributed by atoms with Crippen LogP contribution < -0.4 is 5.32 Å². The van der Waals surface area contributed by atoms with Crippen LogP contribution in [-0.4, -0.2) is 49.7 Å². The van der Waals surface area contributed by atoms with Gasteiger partial charge in [0.2, 0.25) is 0 Å². The van der Waals surface area contributed by atoms with Gasteiger partial charge in [-0.05, 0) is 26.7 Å². The third kappa shape index (κ3) is 10.7. The zero-order valence-electron chi connectivity index (χ0n) is 11.7. The smallest absolute Gasteiger partial charge is 0.0897 e. The van der Waals surface area contributed by atoms with Crippen molar-refractivity contribution in [3.05, 3.63) is 0 Å². The summed E-state index contributed by atoms with van der Waals surface area (Å²) in [5, 5.41) is 13.0. The van der Waals surface area contributed by atoms with E-state index in [1.54, 1.807) is 0 Å². The molecule has 17 heavy (non-hydrogen) atoms. The maximum absolute atomic E-state index is 9.67. The molecule has 0 fully saturated rings. The second-order valence-corrected chi connectivity index (χ2v) is 4.57. The van der Waals surface area contributed by atoms with Crippen LogP contribution in [0.5, 0.6) is 0 Å². The minimum atomic E-state index is -0.436. The van der Waals surface area contributed by atoms with E-state index >= 15 is 0 Å². The molecule has 1 atom stereocenters. The number of hydrogen-bond donors (Lipinski definition) is 2. The summed E-state index contributed by atoms with van der Waals surface area (Å²) >= 11 is 0. The first kappa shape index (κ1) is 16.8. The van der Waals surface area contributed by atoms with Crippen LogP contribution in [0, 0.1) is 0 Å². The van der Waals surface area contributed by atoms with E-state index in [0.29, 0.717) is 32.4 Å². The Bertz CT molecular complexity index is 161. The van der Waals surface area contributed by atoms with Crippen molar-refractivity contribution in [2.24, 2.45) is 0 Å². The van der Waals surface area contributed by atoms with Gasteiger partial charge in [0.15, 0.2) is 0 Å². The standard InChI is InChI=1S/C13H29NO3/c1-5-12(6-2)14-9-13(15)10-16-7-8-17-11(3)4/h11-15H,5-10H2,1-4H3. The summed E-state index contributed by atoms with van der Waals surface area (Å²) in [6, 6.07) is 0.494. The molecule has 0 aliphatic heterocycles. The maximum Gasteiger partial charge on any atom is 0.0897 e. The first-order valence-corrected chi connectivity index (χ1v) is 6.70. The van der Waals surface area contributed by atoms with Gasteiger partial charge in [0, 0.05) is 12.6 Å². The van der Waals surface area contributed by atoms with Crippen LogP contribution in [0.4, 0.5) is 0 Å². The van der Waals surface area contributed by atoms with Crippen molar-refractivity contribution < 1.29 is 14.6 Å².